The minimum Gasteiger partial charge on any atom is -0.258 e. The molecule has 0 saturated heterocycles. The van der Waals surface area contributed by atoms with Gasteiger partial charge in [0.05, 0.1) is 10.5 Å². The Labute approximate surface area is 76.2 Å². The number of hydrogen-bond acceptors (Lipinski definition) is 2. The smallest absolute Gasteiger partial charge is 0.258 e. The number of nitro groups is 1. The van der Waals surface area contributed by atoms with Crippen LogP contribution >= 0.6 is 0 Å². The van der Waals surface area contributed by atoms with Crippen molar-refractivity contribution in [2.45, 2.75) is 0 Å². The number of hydrogen-bond donors (Lipinski definition) is 0. The van der Waals surface area contributed by atoms with Crippen LogP contribution in [-0.2, 0) is 0 Å². The minimum absolute atomic E-state index is 0.0624. The van der Waals surface area contributed by atoms with E-state index in [1.807, 2.05) is 0 Å². The van der Waals surface area contributed by atoms with Crippen LogP contribution in [0.5, 0.6) is 0 Å². The Morgan fingerprint density at radius 2 is 2.00 bits per heavy atom. The van der Waals surface area contributed by atoms with Crippen LogP contribution < -0.4 is 0 Å². The van der Waals surface area contributed by atoms with Crippen molar-refractivity contribution in [1.29, 1.82) is 0 Å². The summed E-state index contributed by atoms with van der Waals surface area (Å²) in [5, 5.41) is 10.6. The summed E-state index contributed by atoms with van der Waals surface area (Å²) in [5.41, 5.74) is 1.32. The predicted molar refractivity (Wildman–Crippen MR) is 53.3 cm³/mol. The van der Waals surface area contributed by atoms with E-state index in [0.29, 0.717) is 5.56 Å². The first-order chi connectivity index (χ1) is 6.19. The van der Waals surface area contributed by atoms with Crippen molar-refractivity contribution in [2.24, 2.45) is 0 Å². The van der Waals surface area contributed by atoms with Gasteiger partial charge in [0, 0.05) is 6.07 Å². The molecule has 13 heavy (non-hydrogen) atoms. The van der Waals surface area contributed by atoms with Gasteiger partial charge in [-0.15, -0.1) is 0 Å². The SMILES string of the molecule is C=Cc1ccc(C=C)c([N+](=O)[O-])c1. The van der Waals surface area contributed by atoms with Crippen molar-refractivity contribution in [3.8, 4) is 0 Å². The summed E-state index contributed by atoms with van der Waals surface area (Å²) in [6, 6.07) is 4.89. The van der Waals surface area contributed by atoms with Gasteiger partial charge in [-0.05, 0) is 11.6 Å². The van der Waals surface area contributed by atoms with E-state index in [0.717, 1.165) is 5.56 Å². The van der Waals surface area contributed by atoms with Crippen LogP contribution in [0.4, 0.5) is 5.69 Å². The fourth-order valence-corrected chi connectivity index (χ4v) is 1.02. The number of nitro benzene ring substituents is 1. The van der Waals surface area contributed by atoms with Gasteiger partial charge in [0.15, 0.2) is 0 Å². The molecule has 0 atom stereocenters. The third-order valence-electron chi connectivity index (χ3n) is 1.71. The number of benzene rings is 1. The molecule has 0 heterocycles. The van der Waals surface area contributed by atoms with Gasteiger partial charge >= 0.3 is 0 Å². The summed E-state index contributed by atoms with van der Waals surface area (Å²) in [6.45, 7) is 7.04. The van der Waals surface area contributed by atoms with Crippen molar-refractivity contribution in [3.05, 3.63) is 52.6 Å². The zero-order valence-corrected chi connectivity index (χ0v) is 7.06. The molecule has 0 spiro atoms. The molecule has 3 nitrogen and oxygen atoms in total. The average molecular weight is 175 g/mol. The van der Waals surface area contributed by atoms with Gasteiger partial charge < -0.3 is 0 Å². The fraction of sp³-hybridized carbons (Fsp3) is 0. The number of nitrogens with zero attached hydrogens (tertiary/aromatic N) is 1. The molecule has 0 aliphatic rings. The highest BCUT2D eigenvalue weighted by molar-refractivity contribution is 5.64. The second-order valence-electron chi connectivity index (χ2n) is 2.48. The molecule has 66 valence electrons. The highest BCUT2D eigenvalue weighted by Crippen LogP contribution is 2.21. The molecule has 0 N–H and O–H groups in total. The van der Waals surface area contributed by atoms with Gasteiger partial charge in [-0.25, -0.2) is 0 Å². The standard InChI is InChI=1S/C10H9NO2/c1-3-8-5-6-9(4-2)10(7-8)11(12)13/h3-7H,1-2H2. The summed E-state index contributed by atoms with van der Waals surface area (Å²) in [4.78, 5) is 10.1. The Bertz CT molecular complexity index is 369. The molecule has 1 aromatic rings. The summed E-state index contributed by atoms with van der Waals surface area (Å²) in [5.74, 6) is 0. The van der Waals surface area contributed by atoms with E-state index in [2.05, 4.69) is 13.2 Å². The normalized spacial score (nSPS) is 9.23. The molecule has 0 saturated carbocycles. The molecular formula is C10H9NO2. The summed E-state index contributed by atoms with van der Waals surface area (Å²) in [6.07, 6.45) is 3.03. The summed E-state index contributed by atoms with van der Waals surface area (Å²) in [7, 11) is 0. The molecule has 0 amide bonds. The fourth-order valence-electron chi connectivity index (χ4n) is 1.02. The summed E-state index contributed by atoms with van der Waals surface area (Å²) < 4.78 is 0. The first-order valence-electron chi connectivity index (χ1n) is 3.72. The van der Waals surface area contributed by atoms with E-state index in [4.69, 9.17) is 0 Å². The largest absolute Gasteiger partial charge is 0.277 e. The molecule has 1 rings (SSSR count). The van der Waals surface area contributed by atoms with Gasteiger partial charge in [-0.2, -0.15) is 0 Å². The average Bonchev–Trinajstić information content (AvgIpc) is 2.16. The van der Waals surface area contributed by atoms with E-state index >= 15 is 0 Å². The molecule has 0 aliphatic heterocycles. The molecule has 0 fully saturated rings. The Hall–Kier alpha value is -1.90. The van der Waals surface area contributed by atoms with Gasteiger partial charge in [0.25, 0.3) is 5.69 Å². The molecule has 0 unspecified atom stereocenters. The lowest BCUT2D eigenvalue weighted by Gasteiger charge is -1.98. The maximum Gasteiger partial charge on any atom is 0.277 e. The van der Waals surface area contributed by atoms with Crippen LogP contribution in [0, 0.1) is 10.1 Å². The second kappa shape index (κ2) is 3.67. The van der Waals surface area contributed by atoms with Crippen LogP contribution in [0.3, 0.4) is 0 Å². The third kappa shape index (κ3) is 1.82. The lowest BCUT2D eigenvalue weighted by atomic mass is 10.1. The van der Waals surface area contributed by atoms with Crippen molar-refractivity contribution < 1.29 is 4.92 Å². The number of rotatable bonds is 3. The predicted octanol–water partition coefficient (Wildman–Crippen LogP) is 2.88. The Morgan fingerprint density at radius 3 is 2.46 bits per heavy atom. The summed E-state index contributed by atoms with van der Waals surface area (Å²) >= 11 is 0. The second-order valence-corrected chi connectivity index (χ2v) is 2.48. The van der Waals surface area contributed by atoms with Crippen molar-refractivity contribution >= 4 is 17.8 Å². The molecular weight excluding hydrogens is 166 g/mol. The Balaban J connectivity index is 3.33. The molecule has 0 radical (unpaired) electrons. The van der Waals surface area contributed by atoms with Crippen molar-refractivity contribution in [3.63, 3.8) is 0 Å². The molecule has 3 heteroatoms. The van der Waals surface area contributed by atoms with Crippen LogP contribution in [0.1, 0.15) is 11.1 Å². The topological polar surface area (TPSA) is 43.1 Å². The maximum absolute atomic E-state index is 10.6. The molecule has 0 bridgehead atoms. The highest BCUT2D eigenvalue weighted by atomic mass is 16.6. The lowest BCUT2D eigenvalue weighted by Crippen LogP contribution is -1.91. The molecule has 0 aromatic heterocycles. The maximum atomic E-state index is 10.6. The van der Waals surface area contributed by atoms with Crippen molar-refractivity contribution in [2.75, 3.05) is 0 Å². The van der Waals surface area contributed by atoms with Gasteiger partial charge in [-0.3, -0.25) is 10.1 Å². The van der Waals surface area contributed by atoms with Crippen LogP contribution in [0.15, 0.2) is 31.4 Å². The van der Waals surface area contributed by atoms with Crippen LogP contribution in [-0.4, -0.2) is 4.92 Å². The van der Waals surface area contributed by atoms with Gasteiger partial charge in [-0.1, -0.05) is 31.4 Å². The van der Waals surface area contributed by atoms with Crippen LogP contribution in [0.25, 0.3) is 12.2 Å². The first kappa shape index (κ1) is 9.19. The van der Waals surface area contributed by atoms with Crippen LogP contribution in [0.2, 0.25) is 0 Å². The first-order valence-corrected chi connectivity index (χ1v) is 3.72. The van der Waals surface area contributed by atoms with E-state index < -0.39 is 4.92 Å². The van der Waals surface area contributed by atoms with E-state index in [1.165, 1.54) is 12.1 Å². The van der Waals surface area contributed by atoms with E-state index in [9.17, 15) is 10.1 Å². The monoisotopic (exact) mass is 175 g/mol. The van der Waals surface area contributed by atoms with Gasteiger partial charge in [0.1, 0.15) is 0 Å². The molecule has 0 aliphatic carbocycles. The Morgan fingerprint density at radius 1 is 1.31 bits per heavy atom. The van der Waals surface area contributed by atoms with E-state index in [1.54, 1.807) is 18.2 Å². The minimum atomic E-state index is -0.427. The van der Waals surface area contributed by atoms with Gasteiger partial charge in [0.2, 0.25) is 0 Å². The van der Waals surface area contributed by atoms with E-state index in [-0.39, 0.29) is 5.69 Å². The zero-order valence-electron chi connectivity index (χ0n) is 7.06. The molecule has 1 aromatic carbocycles. The lowest BCUT2D eigenvalue weighted by molar-refractivity contribution is -0.385. The zero-order chi connectivity index (χ0) is 9.84. The third-order valence-corrected chi connectivity index (χ3v) is 1.71. The quantitative estimate of drug-likeness (QED) is 0.523. The Kier molecular flexibility index (Phi) is 2.59. The van der Waals surface area contributed by atoms with Crippen molar-refractivity contribution in [1.82, 2.24) is 0 Å². The highest BCUT2D eigenvalue weighted by Gasteiger charge is 2.10.